The lowest BCUT2D eigenvalue weighted by Gasteiger charge is -2.10. The second-order valence-electron chi connectivity index (χ2n) is 6.74. The van der Waals surface area contributed by atoms with Crippen molar-refractivity contribution in [2.45, 2.75) is 26.3 Å². The maximum atomic E-state index is 14.0. The normalized spacial score (nSPS) is 11.5. The van der Waals surface area contributed by atoms with E-state index in [9.17, 15) is 26.4 Å². The quantitative estimate of drug-likeness (QED) is 0.418. The summed E-state index contributed by atoms with van der Waals surface area (Å²) in [6, 6.07) is 5.77. The van der Waals surface area contributed by atoms with Crippen LogP contribution in [0.1, 0.15) is 30.9 Å². The number of hydrogen-bond donors (Lipinski definition) is 2. The predicted molar refractivity (Wildman–Crippen MR) is 113 cm³/mol. The Labute approximate surface area is 179 Å². The van der Waals surface area contributed by atoms with Gasteiger partial charge in [0.2, 0.25) is 15.9 Å². The molecule has 0 saturated carbocycles. The first kappa shape index (κ1) is 24.3. The first-order chi connectivity index (χ1) is 14.6. The highest BCUT2D eigenvalue weighted by Gasteiger charge is 2.15. The molecule has 2 N–H and O–H groups in total. The van der Waals surface area contributed by atoms with Crippen LogP contribution in [0.4, 0.5) is 18.9 Å². The minimum absolute atomic E-state index is 0.0983. The molecule has 0 radical (unpaired) electrons. The third-order valence-electron chi connectivity index (χ3n) is 4.00. The predicted octanol–water partition coefficient (Wildman–Crippen LogP) is 3.98. The smallest absolute Gasteiger partial charge is 0.244 e. The summed E-state index contributed by atoms with van der Waals surface area (Å²) in [4.78, 5) is 12.1. The second kappa shape index (κ2) is 10.9. The summed E-state index contributed by atoms with van der Waals surface area (Å²) in [5.41, 5.74) is -0.188. The Kier molecular flexibility index (Phi) is 8.49. The van der Waals surface area contributed by atoms with Crippen LogP contribution in [0.3, 0.4) is 0 Å². The van der Waals surface area contributed by atoms with Gasteiger partial charge in [-0.2, -0.15) is 0 Å². The van der Waals surface area contributed by atoms with E-state index in [4.69, 9.17) is 4.74 Å². The average molecular weight is 456 g/mol. The van der Waals surface area contributed by atoms with Crippen LogP contribution in [0.15, 0.2) is 36.4 Å². The molecule has 0 fully saturated rings. The number of carbonyl (C=O) groups is 1. The van der Waals surface area contributed by atoms with Crippen LogP contribution < -0.4 is 14.8 Å². The number of halogens is 3. The number of anilines is 1. The Bertz CT molecular complexity index is 1050. The van der Waals surface area contributed by atoms with Crippen LogP contribution in [-0.4, -0.2) is 27.2 Å². The summed E-state index contributed by atoms with van der Waals surface area (Å²) >= 11 is 0. The van der Waals surface area contributed by atoms with Gasteiger partial charge in [-0.1, -0.05) is 13.3 Å². The molecule has 0 bridgehead atoms. The Balaban J connectivity index is 2.03. The Morgan fingerprint density at radius 2 is 1.81 bits per heavy atom. The van der Waals surface area contributed by atoms with Crippen molar-refractivity contribution >= 4 is 27.7 Å². The Morgan fingerprint density at radius 3 is 2.42 bits per heavy atom. The van der Waals surface area contributed by atoms with Gasteiger partial charge in [0.15, 0.2) is 11.6 Å². The molecule has 0 aromatic heterocycles. The minimum atomic E-state index is -3.85. The Hall–Kier alpha value is -3.01. The fraction of sp³-hybridized carbons (Fsp3) is 0.286. The number of carbonyl (C=O) groups excluding carboxylic acids is 1. The lowest BCUT2D eigenvalue weighted by Crippen LogP contribution is -2.21. The fourth-order valence-electron chi connectivity index (χ4n) is 2.52. The molecule has 0 unspecified atom stereocenters. The van der Waals surface area contributed by atoms with E-state index in [0.29, 0.717) is 17.9 Å². The maximum Gasteiger partial charge on any atom is 0.244 e. The zero-order chi connectivity index (χ0) is 23.0. The highest BCUT2D eigenvalue weighted by Crippen LogP contribution is 2.23. The number of hydrogen-bond acceptors (Lipinski definition) is 4. The van der Waals surface area contributed by atoms with Crippen LogP contribution in [0.5, 0.6) is 5.75 Å². The summed E-state index contributed by atoms with van der Waals surface area (Å²) in [6.45, 7) is 2.21. The van der Waals surface area contributed by atoms with E-state index < -0.39 is 39.1 Å². The number of benzene rings is 2. The van der Waals surface area contributed by atoms with Gasteiger partial charge in [0, 0.05) is 24.3 Å². The van der Waals surface area contributed by atoms with Gasteiger partial charge in [-0.3, -0.25) is 9.52 Å². The topological polar surface area (TPSA) is 84.5 Å². The number of ether oxygens (including phenoxy) is 1. The lowest BCUT2D eigenvalue weighted by atomic mass is 10.1. The monoisotopic (exact) mass is 456 g/mol. The molecule has 0 aliphatic rings. The molecule has 2 aromatic carbocycles. The van der Waals surface area contributed by atoms with Crippen molar-refractivity contribution in [1.29, 1.82) is 0 Å². The summed E-state index contributed by atoms with van der Waals surface area (Å²) in [7, 11) is -3.85. The van der Waals surface area contributed by atoms with E-state index in [1.807, 2.05) is 6.92 Å². The van der Waals surface area contributed by atoms with Gasteiger partial charge in [-0.25, -0.2) is 21.6 Å². The SMILES string of the molecule is CCCCOc1cc(F)ccc1/C=C/C(=O)NCc1cc(F)c(NS(C)(=O)=O)c(F)c1. The first-order valence-corrected chi connectivity index (χ1v) is 11.3. The molecule has 0 atom stereocenters. The average Bonchev–Trinajstić information content (AvgIpc) is 2.68. The number of rotatable bonds is 10. The number of nitrogens with one attached hydrogen (secondary N) is 2. The van der Waals surface area contributed by atoms with Crippen LogP contribution >= 0.6 is 0 Å². The molecule has 168 valence electrons. The molecule has 0 aliphatic heterocycles. The fourth-order valence-corrected chi connectivity index (χ4v) is 3.09. The van der Waals surface area contributed by atoms with Gasteiger partial charge in [-0.15, -0.1) is 0 Å². The third kappa shape index (κ3) is 7.97. The molecule has 6 nitrogen and oxygen atoms in total. The van der Waals surface area contributed by atoms with Crippen molar-refractivity contribution in [1.82, 2.24) is 5.32 Å². The largest absolute Gasteiger partial charge is 0.493 e. The molecular weight excluding hydrogens is 433 g/mol. The van der Waals surface area contributed by atoms with Crippen LogP contribution in [0.25, 0.3) is 6.08 Å². The van der Waals surface area contributed by atoms with E-state index in [1.165, 1.54) is 30.4 Å². The lowest BCUT2D eigenvalue weighted by molar-refractivity contribution is -0.116. The highest BCUT2D eigenvalue weighted by molar-refractivity contribution is 7.92. The van der Waals surface area contributed by atoms with Crippen LogP contribution in [-0.2, 0) is 21.4 Å². The highest BCUT2D eigenvalue weighted by atomic mass is 32.2. The van der Waals surface area contributed by atoms with Crippen molar-refractivity contribution in [2.75, 3.05) is 17.6 Å². The summed E-state index contributed by atoms with van der Waals surface area (Å²) in [5.74, 6) is -2.93. The molecular formula is C21H23F3N2O4S. The van der Waals surface area contributed by atoms with E-state index in [1.54, 1.807) is 4.72 Å². The number of amides is 1. The third-order valence-corrected chi connectivity index (χ3v) is 4.58. The second-order valence-corrected chi connectivity index (χ2v) is 8.49. The van der Waals surface area contributed by atoms with Gasteiger partial charge in [0.05, 0.1) is 12.9 Å². The zero-order valence-corrected chi connectivity index (χ0v) is 17.9. The van der Waals surface area contributed by atoms with Gasteiger partial charge in [0.25, 0.3) is 0 Å². The molecule has 10 heteroatoms. The molecule has 0 saturated heterocycles. The van der Waals surface area contributed by atoms with Crippen molar-refractivity contribution in [3.8, 4) is 5.75 Å². The van der Waals surface area contributed by atoms with Crippen LogP contribution in [0.2, 0.25) is 0 Å². The van der Waals surface area contributed by atoms with Crippen molar-refractivity contribution < 1.29 is 31.1 Å². The van der Waals surface area contributed by atoms with Crippen molar-refractivity contribution in [3.63, 3.8) is 0 Å². The number of unbranched alkanes of at least 4 members (excludes halogenated alkanes) is 1. The van der Waals surface area contributed by atoms with E-state index in [2.05, 4.69) is 5.32 Å². The standard InChI is InChI=1S/C21H23F3N2O4S/c1-3-4-9-30-19-12-16(22)7-5-15(19)6-8-20(27)25-13-14-10-17(23)21(18(24)11-14)26-31(2,28)29/h5-8,10-12,26H,3-4,9,13H2,1-2H3,(H,25,27)/b8-6+. The molecule has 2 rings (SSSR count). The van der Waals surface area contributed by atoms with Gasteiger partial charge < -0.3 is 10.1 Å². The van der Waals surface area contributed by atoms with Gasteiger partial charge >= 0.3 is 0 Å². The molecule has 0 heterocycles. The van der Waals surface area contributed by atoms with Crippen LogP contribution in [0, 0.1) is 17.5 Å². The molecule has 31 heavy (non-hydrogen) atoms. The molecule has 0 spiro atoms. The Morgan fingerprint density at radius 1 is 1.13 bits per heavy atom. The van der Waals surface area contributed by atoms with E-state index in [-0.39, 0.29) is 12.1 Å². The van der Waals surface area contributed by atoms with Gasteiger partial charge in [-0.05, 0) is 42.3 Å². The molecule has 0 aliphatic carbocycles. The van der Waals surface area contributed by atoms with Crippen molar-refractivity contribution in [3.05, 3.63) is 65.0 Å². The summed E-state index contributed by atoms with van der Waals surface area (Å²) in [6.07, 6.45) is 5.11. The summed E-state index contributed by atoms with van der Waals surface area (Å²) in [5, 5.41) is 2.46. The maximum absolute atomic E-state index is 14.0. The van der Waals surface area contributed by atoms with Crippen molar-refractivity contribution in [2.24, 2.45) is 0 Å². The minimum Gasteiger partial charge on any atom is -0.493 e. The van der Waals surface area contributed by atoms with Gasteiger partial charge in [0.1, 0.15) is 17.3 Å². The van der Waals surface area contributed by atoms with E-state index >= 15 is 0 Å². The summed E-state index contributed by atoms with van der Waals surface area (Å²) < 4.78 is 71.1. The molecule has 1 amide bonds. The first-order valence-electron chi connectivity index (χ1n) is 9.43. The zero-order valence-electron chi connectivity index (χ0n) is 17.0. The van der Waals surface area contributed by atoms with E-state index in [0.717, 1.165) is 31.2 Å². The molecule has 2 aromatic rings. The number of sulfonamides is 1.